The summed E-state index contributed by atoms with van der Waals surface area (Å²) in [5, 5.41) is 0. The number of ether oxygens (including phenoxy) is 4. The molecule has 0 radical (unpaired) electrons. The van der Waals surface area contributed by atoms with Gasteiger partial charge in [-0.25, -0.2) is 0 Å². The van der Waals surface area contributed by atoms with Crippen molar-refractivity contribution in [2.24, 2.45) is 11.8 Å². The van der Waals surface area contributed by atoms with Crippen LogP contribution in [0.4, 0.5) is 0 Å². The maximum absolute atomic E-state index is 13.8. The van der Waals surface area contributed by atoms with Gasteiger partial charge in [-0.15, -0.1) is 0 Å². The first-order valence-electron chi connectivity index (χ1n) is 13.5. The van der Waals surface area contributed by atoms with E-state index >= 15 is 0 Å². The first-order valence-corrected chi connectivity index (χ1v) is 15.1. The number of esters is 2. The molecule has 0 aliphatic carbocycles. The van der Waals surface area contributed by atoms with Gasteiger partial charge in [-0.2, -0.15) is 0 Å². The van der Waals surface area contributed by atoms with Crippen LogP contribution in [0.25, 0.3) is 0 Å². The lowest BCUT2D eigenvalue weighted by atomic mass is 10.0. The maximum atomic E-state index is 13.8. The van der Waals surface area contributed by atoms with Gasteiger partial charge in [-0.3, -0.25) is 14.2 Å². The van der Waals surface area contributed by atoms with Gasteiger partial charge in [-0.1, -0.05) is 66.2 Å². The average molecular weight is 539 g/mol. The molecule has 0 spiro atoms. The second-order valence-electron chi connectivity index (χ2n) is 9.06. The molecular formula is C26H51O9P. The van der Waals surface area contributed by atoms with Crippen LogP contribution >= 0.6 is 7.60 Å². The molecule has 36 heavy (non-hydrogen) atoms. The van der Waals surface area contributed by atoms with Gasteiger partial charge in [0.15, 0.2) is 5.66 Å². The minimum absolute atomic E-state index is 0.0669. The fourth-order valence-corrected chi connectivity index (χ4v) is 5.35. The van der Waals surface area contributed by atoms with E-state index in [0.29, 0.717) is 0 Å². The number of carbonyl (C=O) groups is 2. The Hall–Kier alpha value is -0.990. The van der Waals surface area contributed by atoms with Crippen molar-refractivity contribution in [2.45, 2.75) is 91.1 Å². The SMILES string of the molecule is CCCC[C@@H](CC)COC(=O)C[C@@H](C(=O)OC[C@@H](CC)CCCC)P(=O)(OCCOC)OCCOC. The highest BCUT2D eigenvalue weighted by Crippen LogP contribution is 2.55. The molecule has 0 saturated carbocycles. The largest absolute Gasteiger partial charge is 0.465 e. The molecule has 0 aliphatic heterocycles. The van der Waals surface area contributed by atoms with Gasteiger partial charge in [0.1, 0.15) is 0 Å². The molecule has 9 nitrogen and oxygen atoms in total. The summed E-state index contributed by atoms with van der Waals surface area (Å²) in [6.45, 7) is 8.92. The zero-order valence-electron chi connectivity index (χ0n) is 23.5. The van der Waals surface area contributed by atoms with Crippen LogP contribution in [0.1, 0.15) is 85.5 Å². The van der Waals surface area contributed by atoms with E-state index in [1.165, 1.54) is 14.2 Å². The standard InChI is InChI=1S/C26H51O9P/c1-7-11-13-22(9-3)20-32-25(27)19-24(26(28)33-21-23(10-4)14-12-8-2)36(29,34-17-15-30-5)35-18-16-31-6/h22-24H,7-21H2,1-6H3/t22-,23+,24+/m1/s1. The Kier molecular flexibility index (Phi) is 21.4. The lowest BCUT2D eigenvalue weighted by molar-refractivity contribution is -0.152. The topological polar surface area (TPSA) is 107 Å². The van der Waals surface area contributed by atoms with Crippen molar-refractivity contribution in [1.29, 1.82) is 0 Å². The summed E-state index contributed by atoms with van der Waals surface area (Å²) >= 11 is 0. The van der Waals surface area contributed by atoms with Crippen molar-refractivity contribution in [3.05, 3.63) is 0 Å². The van der Waals surface area contributed by atoms with Crippen molar-refractivity contribution in [3.63, 3.8) is 0 Å². The van der Waals surface area contributed by atoms with Crippen LogP contribution in [0.15, 0.2) is 0 Å². The van der Waals surface area contributed by atoms with E-state index in [9.17, 15) is 14.2 Å². The second-order valence-corrected chi connectivity index (χ2v) is 11.3. The number of hydrogen-bond donors (Lipinski definition) is 0. The highest BCUT2D eigenvalue weighted by atomic mass is 31.2. The van der Waals surface area contributed by atoms with Crippen LogP contribution in [0, 0.1) is 11.8 Å². The van der Waals surface area contributed by atoms with Gasteiger partial charge in [0.05, 0.1) is 46.1 Å². The molecule has 0 N–H and O–H groups in total. The van der Waals surface area contributed by atoms with Crippen LogP contribution in [0.3, 0.4) is 0 Å². The van der Waals surface area contributed by atoms with E-state index in [4.69, 9.17) is 28.0 Å². The quantitative estimate of drug-likeness (QED) is 0.0858. The minimum atomic E-state index is -4.10. The normalized spacial score (nSPS) is 14.3. The molecule has 0 bridgehead atoms. The van der Waals surface area contributed by atoms with Crippen LogP contribution in [0.2, 0.25) is 0 Å². The lowest BCUT2D eigenvalue weighted by Gasteiger charge is -2.26. The van der Waals surface area contributed by atoms with Crippen LogP contribution in [0.5, 0.6) is 0 Å². The molecule has 0 heterocycles. The fraction of sp³-hybridized carbons (Fsp3) is 0.923. The molecule has 3 atom stereocenters. The summed E-state index contributed by atoms with van der Waals surface area (Å²) in [6, 6.07) is 0. The molecule has 10 heteroatoms. The summed E-state index contributed by atoms with van der Waals surface area (Å²) in [5.41, 5.74) is -1.43. The molecule has 0 amide bonds. The first kappa shape index (κ1) is 35.0. The maximum Gasteiger partial charge on any atom is 0.345 e. The van der Waals surface area contributed by atoms with Crippen molar-refractivity contribution in [1.82, 2.24) is 0 Å². The summed E-state index contributed by atoms with van der Waals surface area (Å²) < 4.78 is 45.9. The Bertz CT molecular complexity index is 600. The van der Waals surface area contributed by atoms with E-state index in [1.54, 1.807) is 0 Å². The number of rotatable bonds is 24. The van der Waals surface area contributed by atoms with Gasteiger partial charge in [0.2, 0.25) is 0 Å². The second kappa shape index (κ2) is 22.0. The molecule has 0 rings (SSSR count). The molecule has 0 aromatic carbocycles. The third kappa shape index (κ3) is 15.3. The molecule has 0 aromatic rings. The molecule has 0 saturated heterocycles. The highest BCUT2D eigenvalue weighted by Gasteiger charge is 2.45. The van der Waals surface area contributed by atoms with Gasteiger partial charge in [-0.05, 0) is 24.7 Å². The van der Waals surface area contributed by atoms with E-state index in [1.807, 2.05) is 6.92 Å². The van der Waals surface area contributed by atoms with Gasteiger partial charge in [0.25, 0.3) is 0 Å². The van der Waals surface area contributed by atoms with Gasteiger partial charge >= 0.3 is 19.5 Å². The average Bonchev–Trinajstić information content (AvgIpc) is 2.87. The third-order valence-corrected chi connectivity index (χ3v) is 8.40. The summed E-state index contributed by atoms with van der Waals surface area (Å²) in [5.74, 6) is -0.978. The fourth-order valence-electron chi connectivity index (χ4n) is 3.56. The minimum Gasteiger partial charge on any atom is -0.465 e. The Labute approximate surface area is 218 Å². The van der Waals surface area contributed by atoms with Gasteiger partial charge < -0.3 is 28.0 Å². The highest BCUT2D eigenvalue weighted by molar-refractivity contribution is 7.55. The van der Waals surface area contributed by atoms with Gasteiger partial charge in [0, 0.05) is 14.2 Å². The van der Waals surface area contributed by atoms with E-state index in [0.717, 1.165) is 51.4 Å². The number of unbranched alkanes of at least 4 members (excludes halogenated alkanes) is 2. The predicted octanol–water partition coefficient (Wildman–Crippen LogP) is 5.78. The first-order chi connectivity index (χ1) is 17.3. The number of carbonyl (C=O) groups excluding carboxylic acids is 2. The predicted molar refractivity (Wildman–Crippen MR) is 140 cm³/mol. The van der Waals surface area contributed by atoms with Crippen LogP contribution < -0.4 is 0 Å². The lowest BCUT2D eigenvalue weighted by Crippen LogP contribution is -2.31. The molecular weight excluding hydrogens is 487 g/mol. The molecule has 0 fully saturated rings. The number of hydrogen-bond acceptors (Lipinski definition) is 9. The zero-order chi connectivity index (χ0) is 27.2. The van der Waals surface area contributed by atoms with E-state index in [2.05, 4.69) is 20.8 Å². The smallest absolute Gasteiger partial charge is 0.345 e. The monoisotopic (exact) mass is 538 g/mol. The Balaban J connectivity index is 5.58. The Morgan fingerprint density at radius 2 is 1.19 bits per heavy atom. The van der Waals surface area contributed by atoms with Crippen LogP contribution in [-0.4, -0.2) is 71.5 Å². The van der Waals surface area contributed by atoms with Crippen LogP contribution in [-0.2, 0) is 42.1 Å². The Morgan fingerprint density at radius 1 is 0.722 bits per heavy atom. The summed E-state index contributed by atoms with van der Waals surface area (Å²) in [4.78, 5) is 26.0. The zero-order valence-corrected chi connectivity index (χ0v) is 24.4. The Morgan fingerprint density at radius 3 is 1.61 bits per heavy atom. The third-order valence-electron chi connectivity index (χ3n) is 6.16. The molecule has 0 aromatic heterocycles. The summed E-state index contributed by atoms with van der Waals surface area (Å²) in [6.07, 6.45) is 7.36. The number of methoxy groups -OCH3 is 2. The molecule has 214 valence electrons. The van der Waals surface area contributed by atoms with E-state index in [-0.39, 0.29) is 51.5 Å². The van der Waals surface area contributed by atoms with Crippen molar-refractivity contribution in [2.75, 3.05) is 53.9 Å². The molecule has 0 aliphatic rings. The van der Waals surface area contributed by atoms with Crippen molar-refractivity contribution in [3.8, 4) is 0 Å². The summed E-state index contributed by atoms with van der Waals surface area (Å²) in [7, 11) is -1.14. The van der Waals surface area contributed by atoms with Crippen molar-refractivity contribution >= 4 is 19.5 Å². The van der Waals surface area contributed by atoms with E-state index < -0.39 is 31.6 Å². The molecule has 0 unspecified atom stereocenters. The van der Waals surface area contributed by atoms with Crippen molar-refractivity contribution < 1.29 is 42.1 Å².